The van der Waals surface area contributed by atoms with Crippen molar-refractivity contribution in [2.45, 2.75) is 6.92 Å². The lowest BCUT2D eigenvalue weighted by Crippen LogP contribution is -2.21. The topological polar surface area (TPSA) is 108 Å². The van der Waals surface area contributed by atoms with Gasteiger partial charge in [-0.15, -0.1) is 0 Å². The molecular formula is C14H15Cl2N3O4S. The number of allylic oxidation sites excluding steroid dienone is 4. The maximum atomic E-state index is 12.2. The van der Waals surface area contributed by atoms with E-state index in [0.717, 1.165) is 0 Å². The van der Waals surface area contributed by atoms with Crippen LogP contribution in [0.4, 0.5) is 5.69 Å². The van der Waals surface area contributed by atoms with Crippen molar-refractivity contribution in [2.75, 3.05) is 10.5 Å². The Bertz CT molecular complexity index is 800. The van der Waals surface area contributed by atoms with Crippen molar-refractivity contribution in [1.29, 1.82) is 0 Å². The van der Waals surface area contributed by atoms with Crippen LogP contribution in [0.2, 0.25) is 0 Å². The van der Waals surface area contributed by atoms with Crippen LogP contribution in [0.1, 0.15) is 17.4 Å². The van der Waals surface area contributed by atoms with Gasteiger partial charge in [0.15, 0.2) is 0 Å². The summed E-state index contributed by atoms with van der Waals surface area (Å²) in [5.74, 6) is -1.27. The van der Waals surface area contributed by atoms with E-state index in [2.05, 4.69) is 16.3 Å². The van der Waals surface area contributed by atoms with E-state index in [1.165, 1.54) is 36.0 Å². The fourth-order valence-electron chi connectivity index (χ4n) is 1.53. The second-order valence-electron chi connectivity index (χ2n) is 4.54. The number of hydrogen-bond acceptors (Lipinski definition) is 5. The minimum Gasteiger partial charge on any atom is -0.288 e. The van der Waals surface area contributed by atoms with E-state index in [0.29, 0.717) is 10.6 Å². The molecule has 0 radical (unpaired) electrons. The quantitative estimate of drug-likeness (QED) is 0.376. The normalized spacial score (nSPS) is 13.1. The van der Waals surface area contributed by atoms with E-state index in [4.69, 9.17) is 28.4 Å². The van der Waals surface area contributed by atoms with E-state index < -0.39 is 21.7 Å². The Morgan fingerprint density at radius 3 is 2.67 bits per heavy atom. The largest absolute Gasteiger partial charge is 0.293 e. The molecule has 0 bridgehead atoms. The predicted molar refractivity (Wildman–Crippen MR) is 93.6 cm³/mol. The third-order valence-electron chi connectivity index (χ3n) is 2.63. The van der Waals surface area contributed by atoms with Crippen LogP contribution in [0.15, 0.2) is 52.7 Å². The van der Waals surface area contributed by atoms with Gasteiger partial charge >= 0.3 is 0 Å². The minimum atomic E-state index is -3.80. The highest BCUT2D eigenvalue weighted by atomic mass is 35.5. The Labute approximate surface area is 149 Å². The van der Waals surface area contributed by atoms with Crippen LogP contribution in [-0.4, -0.2) is 30.3 Å². The van der Waals surface area contributed by atoms with E-state index in [9.17, 15) is 13.2 Å². The molecule has 1 amide bonds. The Morgan fingerprint density at radius 2 is 2.12 bits per heavy atom. The first-order chi connectivity index (χ1) is 11.2. The molecule has 1 aromatic heterocycles. The number of sulfonamides is 1. The fraction of sp³-hybridized carbons (Fsp3) is 0.143. The van der Waals surface area contributed by atoms with Gasteiger partial charge in [-0.1, -0.05) is 35.9 Å². The molecule has 0 unspecified atom stereocenters. The van der Waals surface area contributed by atoms with Gasteiger partial charge in [0.2, 0.25) is 10.0 Å². The number of hydroxylamine groups is 1. The zero-order valence-corrected chi connectivity index (χ0v) is 14.9. The van der Waals surface area contributed by atoms with Gasteiger partial charge in [-0.3, -0.25) is 19.7 Å². The second-order valence-corrected chi connectivity index (χ2v) is 7.23. The predicted octanol–water partition coefficient (Wildman–Crippen LogP) is 2.76. The van der Waals surface area contributed by atoms with Crippen LogP contribution in [0.25, 0.3) is 0 Å². The summed E-state index contributed by atoms with van der Waals surface area (Å²) in [6.45, 7) is 5.11. The van der Waals surface area contributed by atoms with Crippen molar-refractivity contribution < 1.29 is 18.4 Å². The number of carbonyl (C=O) groups excluding carboxylic acids is 1. The summed E-state index contributed by atoms with van der Waals surface area (Å²) in [7, 11) is -3.80. The van der Waals surface area contributed by atoms with Crippen molar-refractivity contribution in [3.05, 3.63) is 58.4 Å². The minimum absolute atomic E-state index is 0.113. The molecule has 0 saturated heterocycles. The summed E-state index contributed by atoms with van der Waals surface area (Å²) in [6.07, 6.45) is 3.97. The van der Waals surface area contributed by atoms with E-state index in [1.54, 1.807) is 6.92 Å². The first-order valence-corrected chi connectivity index (χ1v) is 8.85. The maximum absolute atomic E-state index is 12.2. The Morgan fingerprint density at radius 1 is 1.46 bits per heavy atom. The van der Waals surface area contributed by atoms with Crippen molar-refractivity contribution in [3.8, 4) is 0 Å². The maximum Gasteiger partial charge on any atom is 0.293 e. The van der Waals surface area contributed by atoms with E-state index in [1.807, 2.05) is 0 Å². The molecule has 1 rings (SSSR count). The third kappa shape index (κ3) is 6.32. The highest BCUT2D eigenvalue weighted by Crippen LogP contribution is 2.18. The summed E-state index contributed by atoms with van der Waals surface area (Å²) in [6, 6.07) is 2.54. The molecule has 0 aliphatic heterocycles. The molecule has 7 nitrogen and oxygen atoms in total. The standard InChI is InChI=1S/C14H15Cl2N3O4S/c1-3-10(6-12(16)9(2)15)8-24(22,23)19-11-4-5-17-13(7-11)14(20)18-21/h3-7,21H,1,8H2,2H3,(H,17,19)(H,18,20)/b10-6+,12-9-. The van der Waals surface area contributed by atoms with Crippen LogP contribution < -0.4 is 10.2 Å². The molecule has 0 atom stereocenters. The van der Waals surface area contributed by atoms with Gasteiger partial charge < -0.3 is 0 Å². The van der Waals surface area contributed by atoms with Gasteiger partial charge in [0.05, 0.1) is 16.5 Å². The molecule has 1 aromatic rings. The van der Waals surface area contributed by atoms with Crippen LogP contribution in [0, 0.1) is 0 Å². The van der Waals surface area contributed by atoms with E-state index >= 15 is 0 Å². The molecule has 3 N–H and O–H groups in total. The zero-order valence-electron chi connectivity index (χ0n) is 12.6. The SMILES string of the molecule is C=C/C(=C\C(Cl)=C(/C)Cl)CS(=O)(=O)Nc1ccnc(C(=O)NO)c1. The molecular weight excluding hydrogens is 377 g/mol. The highest BCUT2D eigenvalue weighted by molar-refractivity contribution is 7.92. The Kier molecular flexibility index (Phi) is 7.43. The number of pyridine rings is 1. The average Bonchev–Trinajstić information content (AvgIpc) is 2.52. The summed E-state index contributed by atoms with van der Waals surface area (Å²) in [5.41, 5.74) is 1.70. The molecule has 1 heterocycles. The molecule has 24 heavy (non-hydrogen) atoms. The number of anilines is 1. The lowest BCUT2D eigenvalue weighted by atomic mass is 10.2. The number of nitrogens with one attached hydrogen (secondary N) is 2. The molecule has 0 aliphatic rings. The molecule has 10 heteroatoms. The number of amides is 1. The summed E-state index contributed by atoms with van der Waals surface area (Å²) < 4.78 is 26.7. The van der Waals surface area contributed by atoms with Crippen molar-refractivity contribution in [2.24, 2.45) is 0 Å². The van der Waals surface area contributed by atoms with Crippen molar-refractivity contribution in [1.82, 2.24) is 10.5 Å². The molecule has 0 fully saturated rings. The summed E-state index contributed by atoms with van der Waals surface area (Å²) in [4.78, 5) is 15.0. The van der Waals surface area contributed by atoms with Crippen LogP contribution in [0.3, 0.4) is 0 Å². The smallest absolute Gasteiger partial charge is 0.288 e. The highest BCUT2D eigenvalue weighted by Gasteiger charge is 2.14. The lowest BCUT2D eigenvalue weighted by Gasteiger charge is -2.09. The lowest BCUT2D eigenvalue weighted by molar-refractivity contribution is 0.0701. The number of hydrogen-bond donors (Lipinski definition) is 3. The average molecular weight is 392 g/mol. The van der Waals surface area contributed by atoms with Gasteiger partial charge in [-0.25, -0.2) is 13.9 Å². The number of rotatable bonds is 7. The fourth-order valence-corrected chi connectivity index (χ4v) is 2.93. The third-order valence-corrected chi connectivity index (χ3v) is 4.58. The zero-order chi connectivity index (χ0) is 18.3. The molecule has 130 valence electrons. The molecule has 0 saturated carbocycles. The summed E-state index contributed by atoms with van der Waals surface area (Å²) in [5, 5.41) is 9.08. The Hall–Kier alpha value is -1.87. The van der Waals surface area contributed by atoms with Gasteiger partial charge in [0.1, 0.15) is 5.69 Å². The van der Waals surface area contributed by atoms with Crippen molar-refractivity contribution in [3.63, 3.8) is 0 Å². The van der Waals surface area contributed by atoms with Gasteiger partial charge in [0, 0.05) is 11.2 Å². The van der Waals surface area contributed by atoms with E-state index in [-0.39, 0.29) is 16.4 Å². The second kappa shape index (κ2) is 8.84. The monoisotopic (exact) mass is 391 g/mol. The first kappa shape index (κ1) is 20.2. The molecule has 0 spiro atoms. The van der Waals surface area contributed by atoms with Crippen molar-refractivity contribution >= 4 is 44.8 Å². The molecule has 0 aromatic carbocycles. The number of carbonyl (C=O) groups is 1. The Balaban J connectivity index is 3.00. The number of aromatic nitrogens is 1. The van der Waals surface area contributed by atoms with Gasteiger partial charge in [0.25, 0.3) is 5.91 Å². The van der Waals surface area contributed by atoms with Gasteiger partial charge in [-0.2, -0.15) is 0 Å². The van der Waals surface area contributed by atoms with Gasteiger partial charge in [-0.05, 0) is 30.7 Å². The number of halogens is 2. The summed E-state index contributed by atoms with van der Waals surface area (Å²) >= 11 is 11.6. The van der Waals surface area contributed by atoms with Crippen LogP contribution in [-0.2, 0) is 10.0 Å². The van der Waals surface area contributed by atoms with Crippen LogP contribution >= 0.6 is 23.2 Å². The first-order valence-electron chi connectivity index (χ1n) is 6.44. The number of nitrogens with zero attached hydrogens (tertiary/aromatic N) is 1. The van der Waals surface area contributed by atoms with Crippen LogP contribution in [0.5, 0.6) is 0 Å². The molecule has 0 aliphatic carbocycles.